The first kappa shape index (κ1) is 18.2. The van der Waals surface area contributed by atoms with E-state index in [0.29, 0.717) is 19.6 Å². The van der Waals surface area contributed by atoms with Crippen LogP contribution in [0.15, 0.2) is 53.4 Å². The van der Waals surface area contributed by atoms with Gasteiger partial charge in [0, 0.05) is 29.2 Å². The Morgan fingerprint density at radius 1 is 1.12 bits per heavy atom. The zero-order valence-electron chi connectivity index (χ0n) is 14.1. The van der Waals surface area contributed by atoms with Gasteiger partial charge in [0.05, 0.1) is 13.7 Å². The Morgan fingerprint density at radius 3 is 2.58 bits per heavy atom. The molecule has 0 saturated carbocycles. The molecule has 1 amide bonds. The number of carbonyl (C=O) groups is 1. The Labute approximate surface area is 147 Å². The molecule has 0 heterocycles. The molecule has 0 aliphatic rings. The fraction of sp³-hybridized carbons (Fsp3) is 0.316. The quantitative estimate of drug-likeness (QED) is 0.701. The summed E-state index contributed by atoms with van der Waals surface area (Å²) < 4.78 is 10.7. The maximum absolute atomic E-state index is 12.0. The van der Waals surface area contributed by atoms with E-state index in [4.69, 9.17) is 9.47 Å². The average Bonchev–Trinajstić information content (AvgIpc) is 2.62. The van der Waals surface area contributed by atoms with Gasteiger partial charge < -0.3 is 14.8 Å². The molecule has 0 unspecified atom stereocenters. The van der Waals surface area contributed by atoms with Crippen LogP contribution in [0.4, 0.5) is 0 Å². The highest BCUT2D eigenvalue weighted by Crippen LogP contribution is 2.22. The fourth-order valence-corrected chi connectivity index (χ4v) is 3.01. The van der Waals surface area contributed by atoms with E-state index in [-0.39, 0.29) is 5.91 Å². The number of hydrogen-bond acceptors (Lipinski definition) is 4. The second-order valence-corrected chi connectivity index (χ2v) is 6.26. The highest BCUT2D eigenvalue weighted by atomic mass is 32.2. The zero-order chi connectivity index (χ0) is 17.2. The number of benzene rings is 2. The summed E-state index contributed by atoms with van der Waals surface area (Å²) in [6, 6.07) is 15.6. The third-order valence-electron chi connectivity index (χ3n) is 3.41. The van der Waals surface area contributed by atoms with Crippen LogP contribution >= 0.6 is 11.8 Å². The smallest absolute Gasteiger partial charge is 0.221 e. The summed E-state index contributed by atoms with van der Waals surface area (Å²) in [5.74, 6) is 2.45. The lowest BCUT2D eigenvalue weighted by atomic mass is 10.2. The third-order valence-corrected chi connectivity index (χ3v) is 4.42. The molecule has 4 nitrogen and oxygen atoms in total. The molecular weight excluding hydrogens is 322 g/mol. The van der Waals surface area contributed by atoms with Crippen molar-refractivity contribution in [2.75, 3.05) is 19.5 Å². The van der Waals surface area contributed by atoms with Crippen LogP contribution in [0.1, 0.15) is 18.9 Å². The van der Waals surface area contributed by atoms with Gasteiger partial charge in [0.2, 0.25) is 5.91 Å². The Bertz CT molecular complexity index is 643. The molecule has 2 aromatic carbocycles. The van der Waals surface area contributed by atoms with E-state index in [0.717, 1.165) is 27.7 Å². The van der Waals surface area contributed by atoms with E-state index in [1.54, 1.807) is 18.9 Å². The zero-order valence-corrected chi connectivity index (χ0v) is 14.9. The maximum atomic E-state index is 12.0. The Balaban J connectivity index is 1.73. The molecule has 0 aliphatic heterocycles. The number of nitrogens with one attached hydrogen (secondary N) is 1. The molecule has 128 valence electrons. The van der Waals surface area contributed by atoms with E-state index in [2.05, 4.69) is 5.32 Å². The van der Waals surface area contributed by atoms with Crippen molar-refractivity contribution in [3.8, 4) is 11.5 Å². The molecule has 0 atom stereocenters. The predicted molar refractivity (Wildman–Crippen MR) is 97.8 cm³/mol. The first-order chi connectivity index (χ1) is 11.7. The Morgan fingerprint density at radius 2 is 1.88 bits per heavy atom. The molecule has 0 bridgehead atoms. The normalized spacial score (nSPS) is 10.2. The van der Waals surface area contributed by atoms with Crippen LogP contribution in [-0.2, 0) is 11.3 Å². The summed E-state index contributed by atoms with van der Waals surface area (Å²) in [7, 11) is 1.65. The number of rotatable bonds is 9. The third kappa shape index (κ3) is 5.81. The van der Waals surface area contributed by atoms with Crippen molar-refractivity contribution in [3.63, 3.8) is 0 Å². The number of thioether (sulfide) groups is 1. The van der Waals surface area contributed by atoms with Crippen molar-refractivity contribution in [2.45, 2.75) is 24.8 Å². The lowest BCUT2D eigenvalue weighted by molar-refractivity contribution is -0.120. The lowest BCUT2D eigenvalue weighted by Gasteiger charge is -2.11. The van der Waals surface area contributed by atoms with Gasteiger partial charge in [-0.15, -0.1) is 11.8 Å². The van der Waals surface area contributed by atoms with Gasteiger partial charge in [-0.05, 0) is 37.3 Å². The number of para-hydroxylation sites is 1. The van der Waals surface area contributed by atoms with Gasteiger partial charge in [-0.2, -0.15) is 0 Å². The van der Waals surface area contributed by atoms with Crippen LogP contribution < -0.4 is 14.8 Å². The van der Waals surface area contributed by atoms with Crippen molar-refractivity contribution in [1.29, 1.82) is 0 Å². The van der Waals surface area contributed by atoms with Gasteiger partial charge in [0.25, 0.3) is 0 Å². The van der Waals surface area contributed by atoms with Crippen LogP contribution in [0, 0.1) is 0 Å². The number of amides is 1. The molecule has 2 aromatic rings. The summed E-state index contributed by atoms with van der Waals surface area (Å²) in [5, 5.41) is 2.95. The summed E-state index contributed by atoms with van der Waals surface area (Å²) in [5.41, 5.74) is 0.996. The molecule has 0 fully saturated rings. The van der Waals surface area contributed by atoms with Gasteiger partial charge in [-0.3, -0.25) is 4.79 Å². The minimum Gasteiger partial charge on any atom is -0.497 e. The standard InChI is InChI=1S/C19H23NO3S/c1-3-23-18-7-5-4-6-15(18)14-20-19(21)12-13-24-17-10-8-16(22-2)9-11-17/h4-11H,3,12-14H2,1-2H3,(H,20,21). The molecule has 0 saturated heterocycles. The van der Waals surface area contributed by atoms with E-state index < -0.39 is 0 Å². The number of carbonyl (C=O) groups excluding carboxylic acids is 1. The second-order valence-electron chi connectivity index (χ2n) is 5.09. The highest BCUT2D eigenvalue weighted by Gasteiger charge is 2.06. The molecule has 24 heavy (non-hydrogen) atoms. The minimum absolute atomic E-state index is 0.0438. The fourth-order valence-electron chi connectivity index (χ4n) is 2.16. The molecule has 0 spiro atoms. The van der Waals surface area contributed by atoms with E-state index in [1.807, 2.05) is 55.5 Å². The molecule has 1 N–H and O–H groups in total. The molecule has 2 rings (SSSR count). The number of hydrogen-bond donors (Lipinski definition) is 1. The Kier molecular flexibility index (Phi) is 7.49. The number of ether oxygens (including phenoxy) is 2. The highest BCUT2D eigenvalue weighted by molar-refractivity contribution is 7.99. The molecule has 5 heteroatoms. The molecule has 0 aliphatic carbocycles. The summed E-state index contributed by atoms with van der Waals surface area (Å²) >= 11 is 1.66. The van der Waals surface area contributed by atoms with Gasteiger partial charge in [0.15, 0.2) is 0 Å². The van der Waals surface area contributed by atoms with Crippen LogP contribution in [0.3, 0.4) is 0 Å². The first-order valence-corrected chi connectivity index (χ1v) is 8.95. The summed E-state index contributed by atoms with van der Waals surface area (Å²) in [6.45, 7) is 3.05. The van der Waals surface area contributed by atoms with Crippen LogP contribution in [0.2, 0.25) is 0 Å². The first-order valence-electron chi connectivity index (χ1n) is 7.97. The van der Waals surface area contributed by atoms with Crippen LogP contribution in [-0.4, -0.2) is 25.4 Å². The van der Waals surface area contributed by atoms with Crippen molar-refractivity contribution in [3.05, 3.63) is 54.1 Å². The molecular formula is C19H23NO3S. The van der Waals surface area contributed by atoms with Crippen LogP contribution in [0.25, 0.3) is 0 Å². The second kappa shape index (κ2) is 9.88. The van der Waals surface area contributed by atoms with E-state index >= 15 is 0 Å². The SMILES string of the molecule is CCOc1ccccc1CNC(=O)CCSc1ccc(OC)cc1. The van der Waals surface area contributed by atoms with Crippen molar-refractivity contribution in [2.24, 2.45) is 0 Å². The predicted octanol–water partition coefficient (Wildman–Crippen LogP) is 3.89. The van der Waals surface area contributed by atoms with Crippen molar-refractivity contribution >= 4 is 17.7 Å². The Hall–Kier alpha value is -2.14. The van der Waals surface area contributed by atoms with E-state index in [1.165, 1.54) is 0 Å². The molecule has 0 radical (unpaired) electrons. The van der Waals surface area contributed by atoms with Gasteiger partial charge >= 0.3 is 0 Å². The van der Waals surface area contributed by atoms with Gasteiger partial charge in [0.1, 0.15) is 11.5 Å². The van der Waals surface area contributed by atoms with Crippen molar-refractivity contribution < 1.29 is 14.3 Å². The lowest BCUT2D eigenvalue weighted by Crippen LogP contribution is -2.23. The van der Waals surface area contributed by atoms with Gasteiger partial charge in [-0.1, -0.05) is 18.2 Å². The van der Waals surface area contributed by atoms with Gasteiger partial charge in [-0.25, -0.2) is 0 Å². The number of methoxy groups -OCH3 is 1. The van der Waals surface area contributed by atoms with Crippen LogP contribution in [0.5, 0.6) is 11.5 Å². The molecule has 0 aromatic heterocycles. The summed E-state index contributed by atoms with van der Waals surface area (Å²) in [6.07, 6.45) is 0.480. The van der Waals surface area contributed by atoms with Crippen molar-refractivity contribution in [1.82, 2.24) is 5.32 Å². The monoisotopic (exact) mass is 345 g/mol. The topological polar surface area (TPSA) is 47.6 Å². The van der Waals surface area contributed by atoms with E-state index in [9.17, 15) is 4.79 Å². The summed E-state index contributed by atoms with van der Waals surface area (Å²) in [4.78, 5) is 13.1. The minimum atomic E-state index is 0.0438. The maximum Gasteiger partial charge on any atom is 0.221 e. The largest absolute Gasteiger partial charge is 0.497 e. The average molecular weight is 345 g/mol.